The molecule has 0 aliphatic carbocycles. The second-order valence-electron chi connectivity index (χ2n) is 3.73. The topological polar surface area (TPSA) is 58.1 Å². The molecule has 1 fully saturated rings. The second-order valence-corrected chi connectivity index (χ2v) is 3.73. The van der Waals surface area contributed by atoms with Crippen LogP contribution < -0.4 is 10.2 Å². The Morgan fingerprint density at radius 3 is 3.25 bits per heavy atom. The number of carbonyl (C=O) groups excluding carboxylic acids is 1. The van der Waals surface area contributed by atoms with Crippen molar-refractivity contribution in [3.05, 3.63) is 31.0 Å². The molecule has 1 aliphatic heterocycles. The van der Waals surface area contributed by atoms with Crippen LogP contribution in [0.15, 0.2) is 31.0 Å². The van der Waals surface area contributed by atoms with Crippen molar-refractivity contribution in [2.24, 2.45) is 0 Å². The van der Waals surface area contributed by atoms with Crippen molar-refractivity contribution >= 4 is 11.7 Å². The number of anilines is 1. The van der Waals surface area contributed by atoms with Gasteiger partial charge in [0.15, 0.2) is 5.82 Å². The van der Waals surface area contributed by atoms with E-state index in [1.807, 2.05) is 12.1 Å². The minimum absolute atomic E-state index is 0.119. The summed E-state index contributed by atoms with van der Waals surface area (Å²) >= 11 is 0. The minimum Gasteiger partial charge on any atom is -0.353 e. The Morgan fingerprint density at radius 2 is 2.56 bits per heavy atom. The Morgan fingerprint density at radius 1 is 1.69 bits per heavy atom. The summed E-state index contributed by atoms with van der Waals surface area (Å²) in [6, 6.07) is 3.95. The van der Waals surface area contributed by atoms with Gasteiger partial charge in [-0.15, -0.1) is 5.10 Å². The van der Waals surface area contributed by atoms with Gasteiger partial charge in [-0.3, -0.25) is 4.79 Å². The lowest BCUT2D eigenvalue weighted by atomic mass is 10.2. The molecular formula is C11H14N4O. The summed E-state index contributed by atoms with van der Waals surface area (Å²) in [4.78, 5) is 13.2. The Labute approximate surface area is 94.2 Å². The number of nitrogens with one attached hydrogen (secondary N) is 1. The molecule has 0 bridgehead atoms. The van der Waals surface area contributed by atoms with Crippen LogP contribution in [0.3, 0.4) is 0 Å². The highest BCUT2D eigenvalue weighted by molar-refractivity contribution is 5.87. The lowest BCUT2D eigenvalue weighted by Crippen LogP contribution is -2.36. The van der Waals surface area contributed by atoms with Gasteiger partial charge in [-0.05, 0) is 24.6 Å². The third-order valence-corrected chi connectivity index (χ3v) is 2.60. The van der Waals surface area contributed by atoms with Crippen molar-refractivity contribution in [2.45, 2.75) is 12.5 Å². The summed E-state index contributed by atoms with van der Waals surface area (Å²) in [5.41, 5.74) is 0. The van der Waals surface area contributed by atoms with E-state index in [2.05, 4.69) is 27.0 Å². The third kappa shape index (κ3) is 2.36. The average molecular weight is 218 g/mol. The van der Waals surface area contributed by atoms with Crippen molar-refractivity contribution < 1.29 is 4.79 Å². The van der Waals surface area contributed by atoms with E-state index in [4.69, 9.17) is 0 Å². The van der Waals surface area contributed by atoms with E-state index in [1.165, 1.54) is 6.08 Å². The van der Waals surface area contributed by atoms with Gasteiger partial charge < -0.3 is 10.2 Å². The molecule has 1 aromatic rings. The number of hydrogen-bond acceptors (Lipinski definition) is 4. The summed E-state index contributed by atoms with van der Waals surface area (Å²) in [6.45, 7) is 5.10. The summed E-state index contributed by atoms with van der Waals surface area (Å²) in [5.74, 6) is 0.740. The van der Waals surface area contributed by atoms with Crippen molar-refractivity contribution in [2.75, 3.05) is 18.0 Å². The fourth-order valence-corrected chi connectivity index (χ4v) is 1.81. The predicted octanol–water partition coefficient (Wildman–Crippen LogP) is 0.357. The maximum absolute atomic E-state index is 11.1. The Balaban J connectivity index is 1.93. The molecule has 1 atom stereocenters. The minimum atomic E-state index is -0.119. The monoisotopic (exact) mass is 218 g/mol. The first-order chi connectivity index (χ1) is 7.79. The zero-order chi connectivity index (χ0) is 11.4. The maximum atomic E-state index is 11.1. The van der Waals surface area contributed by atoms with E-state index in [9.17, 15) is 4.79 Å². The quantitative estimate of drug-likeness (QED) is 0.744. The number of hydrogen-bond donors (Lipinski definition) is 1. The van der Waals surface area contributed by atoms with E-state index in [-0.39, 0.29) is 11.9 Å². The van der Waals surface area contributed by atoms with Gasteiger partial charge in [-0.2, -0.15) is 5.10 Å². The molecule has 0 radical (unpaired) electrons. The predicted molar refractivity (Wildman–Crippen MR) is 61.0 cm³/mol. The van der Waals surface area contributed by atoms with Crippen LogP contribution >= 0.6 is 0 Å². The lowest BCUT2D eigenvalue weighted by Gasteiger charge is -2.16. The highest BCUT2D eigenvalue weighted by Gasteiger charge is 2.24. The summed E-state index contributed by atoms with van der Waals surface area (Å²) in [5, 5.41) is 10.8. The van der Waals surface area contributed by atoms with Crippen LogP contribution in [0.25, 0.3) is 0 Å². The van der Waals surface area contributed by atoms with Gasteiger partial charge >= 0.3 is 0 Å². The molecule has 5 heteroatoms. The van der Waals surface area contributed by atoms with Crippen molar-refractivity contribution in [3.8, 4) is 0 Å². The molecule has 1 aliphatic rings. The first-order valence-corrected chi connectivity index (χ1v) is 5.25. The molecule has 0 saturated carbocycles. The molecule has 5 nitrogen and oxygen atoms in total. The summed E-state index contributed by atoms with van der Waals surface area (Å²) in [6.07, 6.45) is 3.87. The van der Waals surface area contributed by atoms with Gasteiger partial charge in [0, 0.05) is 25.3 Å². The first kappa shape index (κ1) is 10.6. The van der Waals surface area contributed by atoms with Crippen LogP contribution in [0.5, 0.6) is 0 Å². The molecule has 2 rings (SSSR count). The van der Waals surface area contributed by atoms with Crippen LogP contribution in [0.1, 0.15) is 6.42 Å². The van der Waals surface area contributed by atoms with Crippen LogP contribution in [0.2, 0.25) is 0 Å². The van der Waals surface area contributed by atoms with Crippen molar-refractivity contribution in [1.82, 2.24) is 15.5 Å². The van der Waals surface area contributed by atoms with E-state index in [1.54, 1.807) is 6.20 Å². The molecule has 2 heterocycles. The molecule has 16 heavy (non-hydrogen) atoms. The number of carbonyl (C=O) groups is 1. The van der Waals surface area contributed by atoms with Gasteiger partial charge in [0.2, 0.25) is 5.91 Å². The lowest BCUT2D eigenvalue weighted by molar-refractivity contribution is -0.117. The Hall–Kier alpha value is -1.91. The fourth-order valence-electron chi connectivity index (χ4n) is 1.81. The van der Waals surface area contributed by atoms with Gasteiger partial charge in [0.05, 0.1) is 0 Å². The van der Waals surface area contributed by atoms with Gasteiger partial charge in [0.1, 0.15) is 0 Å². The summed E-state index contributed by atoms with van der Waals surface area (Å²) in [7, 11) is 0. The highest BCUT2D eigenvalue weighted by Crippen LogP contribution is 2.16. The van der Waals surface area contributed by atoms with Crippen LogP contribution in [-0.2, 0) is 4.79 Å². The number of rotatable bonds is 3. The van der Waals surface area contributed by atoms with Gasteiger partial charge in [-0.25, -0.2) is 0 Å². The Kier molecular flexibility index (Phi) is 3.14. The van der Waals surface area contributed by atoms with Crippen LogP contribution in [-0.4, -0.2) is 35.2 Å². The van der Waals surface area contributed by atoms with Crippen LogP contribution in [0.4, 0.5) is 5.82 Å². The zero-order valence-corrected chi connectivity index (χ0v) is 8.97. The molecule has 1 unspecified atom stereocenters. The third-order valence-electron chi connectivity index (χ3n) is 2.60. The normalized spacial score (nSPS) is 19.5. The van der Waals surface area contributed by atoms with Crippen molar-refractivity contribution in [3.63, 3.8) is 0 Å². The molecule has 1 saturated heterocycles. The Bertz CT molecular complexity index is 379. The molecule has 0 aromatic carbocycles. The van der Waals surface area contributed by atoms with E-state index >= 15 is 0 Å². The molecule has 1 N–H and O–H groups in total. The smallest absolute Gasteiger partial charge is 0.243 e. The molecule has 0 spiro atoms. The molecule has 1 aromatic heterocycles. The SMILES string of the molecule is C=CC(=O)NC1CCN(c2cccnn2)C1. The largest absolute Gasteiger partial charge is 0.353 e. The first-order valence-electron chi connectivity index (χ1n) is 5.25. The fraction of sp³-hybridized carbons (Fsp3) is 0.364. The van der Waals surface area contributed by atoms with Gasteiger partial charge in [-0.1, -0.05) is 6.58 Å². The van der Waals surface area contributed by atoms with Gasteiger partial charge in [0.25, 0.3) is 0 Å². The van der Waals surface area contributed by atoms with Crippen LogP contribution in [0, 0.1) is 0 Å². The molecular weight excluding hydrogens is 204 g/mol. The van der Waals surface area contributed by atoms with Crippen molar-refractivity contribution in [1.29, 1.82) is 0 Å². The van der Waals surface area contributed by atoms with E-state index < -0.39 is 0 Å². The second kappa shape index (κ2) is 4.74. The van der Waals surface area contributed by atoms with E-state index in [0.717, 1.165) is 25.3 Å². The zero-order valence-electron chi connectivity index (χ0n) is 8.97. The summed E-state index contributed by atoms with van der Waals surface area (Å²) < 4.78 is 0. The molecule has 1 amide bonds. The number of nitrogens with zero attached hydrogens (tertiary/aromatic N) is 3. The highest BCUT2D eigenvalue weighted by atomic mass is 16.1. The standard InChI is InChI=1S/C11H14N4O/c1-2-11(16)13-9-5-7-15(8-9)10-4-3-6-12-14-10/h2-4,6,9H,1,5,7-8H2,(H,13,16). The number of amides is 1. The molecule has 84 valence electrons. The number of aromatic nitrogens is 2. The van der Waals surface area contributed by atoms with E-state index in [0.29, 0.717) is 0 Å². The maximum Gasteiger partial charge on any atom is 0.243 e. The average Bonchev–Trinajstić information content (AvgIpc) is 2.78.